The Morgan fingerprint density at radius 2 is 2.11 bits per heavy atom. The number of nitrogen functional groups attached to an aromatic ring is 1. The van der Waals surface area contributed by atoms with Crippen molar-refractivity contribution in [3.05, 3.63) is 16.0 Å². The van der Waals surface area contributed by atoms with Crippen LogP contribution in [-0.2, 0) is 9.53 Å². The highest BCUT2D eigenvalue weighted by Gasteiger charge is 2.23. The number of ether oxygens (including phenoxy) is 2. The van der Waals surface area contributed by atoms with Crippen molar-refractivity contribution in [1.82, 2.24) is 4.98 Å². The Hall–Kier alpha value is -0.760. The minimum Gasteiger partial charge on any atom is -0.438 e. The van der Waals surface area contributed by atoms with Gasteiger partial charge in [-0.3, -0.25) is 4.79 Å². The van der Waals surface area contributed by atoms with Gasteiger partial charge < -0.3 is 15.2 Å². The second-order valence-electron chi connectivity index (χ2n) is 2.96. The quantitative estimate of drug-likeness (QED) is 0.679. The van der Waals surface area contributed by atoms with Gasteiger partial charge in [-0.15, -0.1) is 0 Å². The van der Waals surface area contributed by atoms with E-state index in [2.05, 4.69) is 4.98 Å². The number of thioether (sulfide) groups is 1. The van der Waals surface area contributed by atoms with Crippen molar-refractivity contribution in [1.29, 1.82) is 0 Å². The van der Waals surface area contributed by atoms with Crippen LogP contribution >= 0.6 is 35.0 Å². The summed E-state index contributed by atoms with van der Waals surface area (Å²) in [5.74, 6) is -1.40. The van der Waals surface area contributed by atoms with Crippen LogP contribution in [0.15, 0.2) is 0 Å². The highest BCUT2D eigenvalue weighted by Crippen LogP contribution is 2.35. The van der Waals surface area contributed by atoms with Crippen molar-refractivity contribution in [2.45, 2.75) is 6.29 Å². The number of aromatic nitrogens is 1. The van der Waals surface area contributed by atoms with Gasteiger partial charge in [0.1, 0.15) is 10.0 Å². The van der Waals surface area contributed by atoms with Crippen LogP contribution in [0.3, 0.4) is 0 Å². The number of carbonyl (C=O) groups excluding carboxylic acids is 1. The van der Waals surface area contributed by atoms with Crippen LogP contribution in [0, 0.1) is 5.95 Å². The summed E-state index contributed by atoms with van der Waals surface area (Å²) in [5, 5.41) is -1.01. The molecule has 9 heteroatoms. The molecule has 0 aliphatic rings. The SMILES string of the molecule is COC(Oc1nc(F)c(Cl)c(N)c1Cl)C(=O)SC. The zero-order valence-electron chi connectivity index (χ0n) is 9.37. The molecular weight excluding hydrogens is 306 g/mol. The van der Waals surface area contributed by atoms with Gasteiger partial charge in [-0.05, 0) is 6.26 Å². The van der Waals surface area contributed by atoms with Crippen LogP contribution in [0.1, 0.15) is 0 Å². The molecule has 0 spiro atoms. The first-order valence-electron chi connectivity index (χ1n) is 4.49. The first kappa shape index (κ1) is 15.3. The molecule has 1 atom stereocenters. The average molecular weight is 315 g/mol. The summed E-state index contributed by atoms with van der Waals surface area (Å²) in [4.78, 5) is 14.7. The van der Waals surface area contributed by atoms with E-state index in [0.29, 0.717) is 0 Å². The highest BCUT2D eigenvalue weighted by atomic mass is 35.5. The van der Waals surface area contributed by atoms with Crippen LogP contribution < -0.4 is 10.5 Å². The van der Waals surface area contributed by atoms with Crippen LogP contribution in [0.5, 0.6) is 5.88 Å². The lowest BCUT2D eigenvalue weighted by molar-refractivity contribution is -0.136. The topological polar surface area (TPSA) is 74.4 Å². The van der Waals surface area contributed by atoms with Crippen LogP contribution in [0.25, 0.3) is 0 Å². The summed E-state index contributed by atoms with van der Waals surface area (Å²) in [6, 6.07) is 0. The molecule has 1 unspecified atom stereocenters. The molecule has 1 rings (SSSR count). The third-order valence-electron chi connectivity index (χ3n) is 1.87. The number of carbonyl (C=O) groups is 1. The zero-order valence-corrected chi connectivity index (χ0v) is 11.7. The monoisotopic (exact) mass is 314 g/mol. The maximum atomic E-state index is 13.3. The number of nitrogens with zero attached hydrogens (tertiary/aromatic N) is 1. The van der Waals surface area contributed by atoms with Crippen LogP contribution in [0.2, 0.25) is 10.0 Å². The van der Waals surface area contributed by atoms with Gasteiger partial charge in [-0.2, -0.15) is 9.37 Å². The fourth-order valence-corrected chi connectivity index (χ4v) is 1.68. The summed E-state index contributed by atoms with van der Waals surface area (Å²) < 4.78 is 23.1. The number of nitrogens with two attached hydrogens (primary N) is 1. The largest absolute Gasteiger partial charge is 0.438 e. The number of halogens is 3. The summed E-state index contributed by atoms with van der Waals surface area (Å²) in [7, 11) is 1.25. The smallest absolute Gasteiger partial charge is 0.271 e. The van der Waals surface area contributed by atoms with Gasteiger partial charge in [0, 0.05) is 7.11 Å². The molecule has 100 valence electrons. The minimum absolute atomic E-state index is 0.183. The molecule has 0 saturated heterocycles. The van der Waals surface area contributed by atoms with E-state index in [0.717, 1.165) is 11.8 Å². The normalized spacial score (nSPS) is 12.3. The predicted molar refractivity (Wildman–Crippen MR) is 68.6 cm³/mol. The molecule has 2 N–H and O–H groups in total. The van der Waals surface area contributed by atoms with E-state index in [4.69, 9.17) is 38.4 Å². The van der Waals surface area contributed by atoms with E-state index in [1.165, 1.54) is 7.11 Å². The standard InChI is InChI=1S/C9H9Cl2FN2O3S/c1-16-9(8(15)18-2)17-7-4(11)5(13)3(10)6(12)14-7/h9H,1-2H3,(H2,13,14). The highest BCUT2D eigenvalue weighted by molar-refractivity contribution is 8.13. The lowest BCUT2D eigenvalue weighted by Gasteiger charge is -2.16. The van der Waals surface area contributed by atoms with Crippen molar-refractivity contribution in [2.75, 3.05) is 19.1 Å². The Kier molecular flexibility index (Phi) is 5.46. The molecule has 0 aromatic carbocycles. The number of anilines is 1. The molecule has 0 saturated carbocycles. The molecule has 0 aliphatic heterocycles. The lowest BCUT2D eigenvalue weighted by atomic mass is 10.4. The minimum atomic E-state index is -1.26. The molecule has 0 aliphatic carbocycles. The number of hydrogen-bond acceptors (Lipinski definition) is 6. The lowest BCUT2D eigenvalue weighted by Crippen LogP contribution is -2.27. The first-order chi connectivity index (χ1) is 8.42. The molecule has 0 amide bonds. The van der Waals surface area contributed by atoms with Crippen molar-refractivity contribution in [3.63, 3.8) is 0 Å². The Morgan fingerprint density at radius 1 is 1.50 bits per heavy atom. The molecule has 0 radical (unpaired) electrons. The van der Waals surface area contributed by atoms with E-state index in [9.17, 15) is 9.18 Å². The Balaban J connectivity index is 3.07. The summed E-state index contributed by atoms with van der Waals surface area (Å²) in [6.07, 6.45) is 0.286. The van der Waals surface area contributed by atoms with Gasteiger partial charge in [0.25, 0.3) is 11.4 Å². The maximum Gasteiger partial charge on any atom is 0.271 e. The zero-order chi connectivity index (χ0) is 13.9. The van der Waals surface area contributed by atoms with Crippen molar-refractivity contribution < 1.29 is 18.7 Å². The van der Waals surface area contributed by atoms with Crippen LogP contribution in [-0.4, -0.2) is 29.8 Å². The molecular formula is C9H9Cl2FN2O3S. The Bertz CT molecular complexity index is 476. The maximum absolute atomic E-state index is 13.3. The molecule has 1 heterocycles. The molecule has 0 bridgehead atoms. The number of methoxy groups -OCH3 is 1. The van der Waals surface area contributed by atoms with Gasteiger partial charge in [0.2, 0.25) is 11.8 Å². The van der Waals surface area contributed by atoms with Gasteiger partial charge in [0.05, 0.1) is 5.69 Å². The fourth-order valence-electron chi connectivity index (χ4n) is 0.978. The average Bonchev–Trinajstić information content (AvgIpc) is 2.38. The second-order valence-corrected chi connectivity index (χ2v) is 4.52. The van der Waals surface area contributed by atoms with Gasteiger partial charge in [-0.1, -0.05) is 35.0 Å². The number of pyridine rings is 1. The van der Waals surface area contributed by atoms with Crippen molar-refractivity contribution in [3.8, 4) is 5.88 Å². The van der Waals surface area contributed by atoms with Gasteiger partial charge in [0.15, 0.2) is 0 Å². The predicted octanol–water partition coefficient (Wildman–Crippen LogP) is 2.35. The van der Waals surface area contributed by atoms with Crippen LogP contribution in [0.4, 0.5) is 10.1 Å². The summed E-state index contributed by atoms with van der Waals surface area (Å²) >= 11 is 12.2. The number of hydrogen-bond donors (Lipinski definition) is 1. The summed E-state index contributed by atoms with van der Waals surface area (Å²) in [5.41, 5.74) is 5.24. The molecule has 0 fully saturated rings. The third-order valence-corrected chi connectivity index (χ3v) is 3.19. The van der Waals surface area contributed by atoms with Crippen molar-refractivity contribution >= 4 is 45.8 Å². The van der Waals surface area contributed by atoms with Crippen molar-refractivity contribution in [2.24, 2.45) is 0 Å². The molecule has 18 heavy (non-hydrogen) atoms. The fraction of sp³-hybridized carbons (Fsp3) is 0.333. The Morgan fingerprint density at radius 3 is 2.61 bits per heavy atom. The van der Waals surface area contributed by atoms with E-state index >= 15 is 0 Å². The molecule has 1 aromatic rings. The molecule has 1 aromatic heterocycles. The van der Waals surface area contributed by atoms with Gasteiger partial charge in [-0.25, -0.2) is 0 Å². The van der Waals surface area contributed by atoms with Gasteiger partial charge >= 0.3 is 0 Å². The summed E-state index contributed by atoms with van der Waals surface area (Å²) in [6.45, 7) is 0. The van der Waals surface area contributed by atoms with E-state index < -0.39 is 22.4 Å². The number of rotatable bonds is 4. The Labute approximate surface area is 117 Å². The van der Waals surface area contributed by atoms with E-state index in [1.807, 2.05) is 0 Å². The molecule has 5 nitrogen and oxygen atoms in total. The first-order valence-corrected chi connectivity index (χ1v) is 6.47. The van der Waals surface area contributed by atoms with E-state index in [1.54, 1.807) is 6.26 Å². The van der Waals surface area contributed by atoms with E-state index in [-0.39, 0.29) is 16.6 Å². The second kappa shape index (κ2) is 6.42. The third kappa shape index (κ3) is 3.17.